The molecule has 1 saturated carbocycles. The highest BCUT2D eigenvalue weighted by Gasteiger charge is 2.40. The van der Waals surface area contributed by atoms with Crippen molar-refractivity contribution in [3.8, 4) is 0 Å². The molecule has 1 aliphatic carbocycles. The van der Waals surface area contributed by atoms with Crippen LogP contribution in [-0.2, 0) is 0 Å². The molecule has 0 spiro atoms. The highest BCUT2D eigenvalue weighted by molar-refractivity contribution is 9.11. The summed E-state index contributed by atoms with van der Waals surface area (Å²) in [5.41, 5.74) is 1.81. The molecular formula is C15H21Br2N. The van der Waals surface area contributed by atoms with Gasteiger partial charge in [-0.1, -0.05) is 51.6 Å². The summed E-state index contributed by atoms with van der Waals surface area (Å²) in [4.78, 5) is 0. The van der Waals surface area contributed by atoms with Gasteiger partial charge < -0.3 is 5.32 Å². The summed E-state index contributed by atoms with van der Waals surface area (Å²) in [6, 6.07) is 6.92. The molecule has 0 radical (unpaired) electrons. The van der Waals surface area contributed by atoms with Crippen LogP contribution in [0.1, 0.15) is 50.6 Å². The summed E-state index contributed by atoms with van der Waals surface area (Å²) in [7, 11) is 2.09. The van der Waals surface area contributed by atoms with Gasteiger partial charge in [-0.3, -0.25) is 0 Å². The average molecular weight is 375 g/mol. The van der Waals surface area contributed by atoms with E-state index in [1.807, 2.05) is 0 Å². The number of halogens is 2. The van der Waals surface area contributed by atoms with E-state index in [-0.39, 0.29) is 0 Å². The number of hydrogen-bond donors (Lipinski definition) is 1. The Kier molecular flexibility index (Phi) is 4.90. The molecule has 0 saturated heterocycles. The van der Waals surface area contributed by atoms with Crippen LogP contribution in [0, 0.1) is 5.41 Å². The predicted octanol–water partition coefficient (Wildman–Crippen LogP) is 5.44. The second kappa shape index (κ2) is 6.06. The van der Waals surface area contributed by atoms with Crippen molar-refractivity contribution in [1.29, 1.82) is 0 Å². The van der Waals surface area contributed by atoms with Crippen LogP contribution in [0.2, 0.25) is 0 Å². The molecule has 18 heavy (non-hydrogen) atoms. The maximum atomic E-state index is 3.71. The highest BCUT2D eigenvalue weighted by atomic mass is 79.9. The molecule has 0 heterocycles. The van der Waals surface area contributed by atoms with Gasteiger partial charge in [0.1, 0.15) is 0 Å². The first-order valence-electron chi connectivity index (χ1n) is 6.75. The van der Waals surface area contributed by atoms with Gasteiger partial charge in [0.15, 0.2) is 0 Å². The van der Waals surface area contributed by atoms with Crippen molar-refractivity contribution < 1.29 is 0 Å². The number of hydrogen-bond acceptors (Lipinski definition) is 1. The first-order chi connectivity index (χ1) is 8.63. The molecule has 2 rings (SSSR count). The van der Waals surface area contributed by atoms with Crippen molar-refractivity contribution in [3.63, 3.8) is 0 Å². The SMILES string of the molecule is CCC1(C(NC)c2cc(Br)ccc2Br)CCCC1. The van der Waals surface area contributed by atoms with Gasteiger partial charge in [-0.2, -0.15) is 0 Å². The van der Waals surface area contributed by atoms with Crippen LogP contribution in [-0.4, -0.2) is 7.05 Å². The van der Waals surface area contributed by atoms with E-state index in [1.54, 1.807) is 0 Å². The van der Waals surface area contributed by atoms with Crippen molar-refractivity contribution >= 4 is 31.9 Å². The summed E-state index contributed by atoms with van der Waals surface area (Å²) >= 11 is 7.30. The molecule has 0 bridgehead atoms. The first kappa shape index (κ1) is 14.5. The standard InChI is InChI=1S/C15H21Br2N/c1-3-15(8-4-5-9-15)14(18-2)12-10-11(16)6-7-13(12)17/h6-7,10,14,18H,3-5,8-9H2,1-2H3. The van der Waals surface area contributed by atoms with Crippen LogP contribution >= 0.6 is 31.9 Å². The lowest BCUT2D eigenvalue weighted by Gasteiger charge is -2.37. The maximum absolute atomic E-state index is 3.71. The molecule has 3 heteroatoms. The van der Waals surface area contributed by atoms with E-state index >= 15 is 0 Å². The Bertz CT molecular complexity index is 411. The second-order valence-electron chi connectivity index (χ2n) is 5.31. The van der Waals surface area contributed by atoms with Crippen LogP contribution < -0.4 is 5.32 Å². The third-order valence-electron chi connectivity index (χ3n) is 4.47. The van der Waals surface area contributed by atoms with Crippen molar-refractivity contribution in [2.24, 2.45) is 5.41 Å². The van der Waals surface area contributed by atoms with Gasteiger partial charge in [0.25, 0.3) is 0 Å². The minimum atomic E-state index is 0.429. The molecule has 100 valence electrons. The smallest absolute Gasteiger partial charge is 0.0386 e. The lowest BCUT2D eigenvalue weighted by Crippen LogP contribution is -2.34. The van der Waals surface area contributed by atoms with E-state index in [9.17, 15) is 0 Å². The molecule has 0 amide bonds. The Morgan fingerprint density at radius 1 is 1.28 bits per heavy atom. The van der Waals surface area contributed by atoms with E-state index in [0.29, 0.717) is 11.5 Å². The van der Waals surface area contributed by atoms with Gasteiger partial charge in [0.05, 0.1) is 0 Å². The molecule has 1 nitrogen and oxygen atoms in total. The van der Waals surface area contributed by atoms with E-state index < -0.39 is 0 Å². The molecule has 1 atom stereocenters. The van der Waals surface area contributed by atoms with Gasteiger partial charge in [-0.25, -0.2) is 0 Å². The molecule has 1 fully saturated rings. The fourth-order valence-electron chi connectivity index (χ4n) is 3.45. The molecule has 1 unspecified atom stereocenters. The second-order valence-corrected chi connectivity index (χ2v) is 7.08. The molecule has 1 aliphatic rings. The number of rotatable bonds is 4. The summed E-state index contributed by atoms with van der Waals surface area (Å²) in [6.45, 7) is 2.33. The van der Waals surface area contributed by atoms with E-state index in [0.717, 1.165) is 4.47 Å². The van der Waals surface area contributed by atoms with E-state index in [4.69, 9.17) is 0 Å². The van der Waals surface area contributed by atoms with Gasteiger partial charge in [-0.05, 0) is 55.5 Å². The molecular weight excluding hydrogens is 354 g/mol. The maximum Gasteiger partial charge on any atom is 0.0386 e. The first-order valence-corrected chi connectivity index (χ1v) is 8.34. The Labute approximate surface area is 127 Å². The summed E-state index contributed by atoms with van der Waals surface area (Å²) in [6.07, 6.45) is 6.68. The normalized spacial score (nSPS) is 20.0. The third-order valence-corrected chi connectivity index (χ3v) is 5.69. The lowest BCUT2D eigenvalue weighted by molar-refractivity contribution is 0.194. The highest BCUT2D eigenvalue weighted by Crippen LogP contribution is 2.51. The zero-order valence-electron chi connectivity index (χ0n) is 11.1. The van der Waals surface area contributed by atoms with E-state index in [2.05, 4.69) is 69.3 Å². The minimum absolute atomic E-state index is 0.429. The fraction of sp³-hybridized carbons (Fsp3) is 0.600. The quantitative estimate of drug-likeness (QED) is 0.739. The van der Waals surface area contributed by atoms with E-state index in [1.165, 1.54) is 42.1 Å². The predicted molar refractivity (Wildman–Crippen MR) is 84.8 cm³/mol. The largest absolute Gasteiger partial charge is 0.312 e. The number of benzene rings is 1. The average Bonchev–Trinajstić information content (AvgIpc) is 2.84. The summed E-state index contributed by atoms with van der Waals surface area (Å²) in [5, 5.41) is 3.57. The van der Waals surface area contributed by atoms with Crippen LogP contribution in [0.3, 0.4) is 0 Å². The Morgan fingerprint density at radius 3 is 2.50 bits per heavy atom. The minimum Gasteiger partial charge on any atom is -0.312 e. The van der Waals surface area contributed by atoms with Crippen LogP contribution in [0.4, 0.5) is 0 Å². The number of nitrogens with one attached hydrogen (secondary N) is 1. The molecule has 1 aromatic carbocycles. The Morgan fingerprint density at radius 2 is 1.94 bits per heavy atom. The van der Waals surface area contributed by atoms with Crippen molar-refractivity contribution in [2.75, 3.05) is 7.05 Å². The molecule has 0 aliphatic heterocycles. The summed E-state index contributed by atoms with van der Waals surface area (Å²) in [5.74, 6) is 0. The zero-order chi connectivity index (χ0) is 13.2. The van der Waals surface area contributed by atoms with Crippen LogP contribution in [0.5, 0.6) is 0 Å². The lowest BCUT2D eigenvalue weighted by atomic mass is 9.73. The van der Waals surface area contributed by atoms with Gasteiger partial charge >= 0.3 is 0 Å². The van der Waals surface area contributed by atoms with Gasteiger partial charge in [0, 0.05) is 15.0 Å². The third kappa shape index (κ3) is 2.68. The van der Waals surface area contributed by atoms with Gasteiger partial charge in [-0.15, -0.1) is 0 Å². The molecule has 1 N–H and O–H groups in total. The van der Waals surface area contributed by atoms with Crippen LogP contribution in [0.25, 0.3) is 0 Å². The van der Waals surface area contributed by atoms with Crippen molar-refractivity contribution in [2.45, 2.75) is 45.1 Å². The Balaban J connectivity index is 2.40. The topological polar surface area (TPSA) is 12.0 Å². The fourth-order valence-corrected chi connectivity index (χ4v) is 4.31. The molecule has 1 aromatic rings. The molecule has 0 aromatic heterocycles. The van der Waals surface area contributed by atoms with Gasteiger partial charge in [0.2, 0.25) is 0 Å². The Hall–Kier alpha value is 0.140. The monoisotopic (exact) mass is 373 g/mol. The van der Waals surface area contributed by atoms with Crippen LogP contribution in [0.15, 0.2) is 27.1 Å². The summed E-state index contributed by atoms with van der Waals surface area (Å²) < 4.78 is 2.37. The zero-order valence-corrected chi connectivity index (χ0v) is 14.3. The van der Waals surface area contributed by atoms with Crippen molar-refractivity contribution in [1.82, 2.24) is 5.32 Å². The van der Waals surface area contributed by atoms with Crippen molar-refractivity contribution in [3.05, 3.63) is 32.7 Å².